The summed E-state index contributed by atoms with van der Waals surface area (Å²) in [4.78, 5) is 25.9. The third kappa shape index (κ3) is 4.96. The lowest BCUT2D eigenvalue weighted by molar-refractivity contribution is -0.146. The smallest absolute Gasteiger partial charge is 0.326 e. The fourth-order valence-corrected chi connectivity index (χ4v) is 3.33. The molecule has 1 aliphatic heterocycles. The third-order valence-corrected chi connectivity index (χ3v) is 4.80. The number of carbonyl (C=O) groups excluding carboxylic acids is 2. The molecule has 6 nitrogen and oxygen atoms in total. The Bertz CT molecular complexity index is 717. The highest BCUT2D eigenvalue weighted by Gasteiger charge is 2.33. The van der Waals surface area contributed by atoms with Crippen molar-refractivity contribution in [3.05, 3.63) is 28.7 Å². The van der Waals surface area contributed by atoms with Crippen LogP contribution >= 0.6 is 24.0 Å². The SMILES string of the molecule is CCCCOC(=O)CN1C(=O)/C(=C/c2ccc(O)c(OC)c2)SC1=S. The second kappa shape index (κ2) is 8.87. The average Bonchev–Trinajstić information content (AvgIpc) is 2.84. The first kappa shape index (κ1) is 19.3. The van der Waals surface area contributed by atoms with E-state index in [2.05, 4.69) is 0 Å². The highest BCUT2D eigenvalue weighted by atomic mass is 32.2. The van der Waals surface area contributed by atoms with Crippen LogP contribution in [0.15, 0.2) is 23.1 Å². The molecule has 1 amide bonds. The number of hydrogen-bond donors (Lipinski definition) is 1. The summed E-state index contributed by atoms with van der Waals surface area (Å²) in [6.07, 6.45) is 3.35. The minimum atomic E-state index is -0.475. The summed E-state index contributed by atoms with van der Waals surface area (Å²) >= 11 is 6.31. The van der Waals surface area contributed by atoms with Crippen LogP contribution in [0.2, 0.25) is 0 Å². The van der Waals surface area contributed by atoms with Gasteiger partial charge in [0.2, 0.25) is 0 Å². The molecule has 25 heavy (non-hydrogen) atoms. The molecular formula is C17H19NO5S2. The Morgan fingerprint density at radius 3 is 2.88 bits per heavy atom. The Hall–Kier alpha value is -2.06. The molecule has 1 aliphatic rings. The quantitative estimate of drug-likeness (QED) is 0.337. The van der Waals surface area contributed by atoms with Crippen molar-refractivity contribution in [3.8, 4) is 11.5 Å². The molecular weight excluding hydrogens is 362 g/mol. The van der Waals surface area contributed by atoms with Gasteiger partial charge in [0.25, 0.3) is 5.91 Å². The summed E-state index contributed by atoms with van der Waals surface area (Å²) in [6, 6.07) is 4.75. The molecule has 0 atom stereocenters. The molecule has 1 N–H and O–H groups in total. The van der Waals surface area contributed by atoms with Crippen LogP contribution in [-0.2, 0) is 14.3 Å². The second-order valence-corrected chi connectivity index (χ2v) is 6.95. The zero-order valence-electron chi connectivity index (χ0n) is 14.0. The number of amides is 1. The van der Waals surface area contributed by atoms with E-state index in [-0.39, 0.29) is 18.2 Å². The summed E-state index contributed by atoms with van der Waals surface area (Å²) in [5, 5.41) is 9.62. The maximum Gasteiger partial charge on any atom is 0.326 e. The number of thiocarbonyl (C=S) groups is 1. The van der Waals surface area contributed by atoms with Crippen molar-refractivity contribution in [2.75, 3.05) is 20.3 Å². The predicted molar refractivity (Wildman–Crippen MR) is 100 cm³/mol. The molecule has 2 rings (SSSR count). The monoisotopic (exact) mass is 381 g/mol. The van der Waals surface area contributed by atoms with Crippen LogP contribution in [0, 0.1) is 0 Å². The summed E-state index contributed by atoms with van der Waals surface area (Å²) in [7, 11) is 1.45. The lowest BCUT2D eigenvalue weighted by atomic mass is 10.2. The predicted octanol–water partition coefficient (Wildman–Crippen LogP) is 2.95. The van der Waals surface area contributed by atoms with Gasteiger partial charge >= 0.3 is 5.97 Å². The van der Waals surface area contributed by atoms with E-state index in [1.807, 2.05) is 6.92 Å². The maximum absolute atomic E-state index is 12.5. The standard InChI is InChI=1S/C17H19NO5S2/c1-3-4-7-23-15(20)10-18-16(21)14(25-17(18)24)9-11-5-6-12(19)13(8-11)22-2/h5-6,8-9,19H,3-4,7,10H2,1-2H3/b14-9-. The van der Waals surface area contributed by atoms with Gasteiger partial charge in [0.15, 0.2) is 11.5 Å². The van der Waals surface area contributed by atoms with E-state index in [0.717, 1.165) is 24.6 Å². The molecule has 0 aliphatic carbocycles. The zero-order chi connectivity index (χ0) is 18.4. The molecule has 0 spiro atoms. The van der Waals surface area contributed by atoms with Gasteiger partial charge in [-0.15, -0.1) is 0 Å². The topological polar surface area (TPSA) is 76.1 Å². The first-order valence-electron chi connectivity index (χ1n) is 7.74. The van der Waals surface area contributed by atoms with Crippen molar-refractivity contribution in [1.29, 1.82) is 0 Å². The minimum absolute atomic E-state index is 0.0158. The largest absolute Gasteiger partial charge is 0.504 e. The van der Waals surface area contributed by atoms with Crippen LogP contribution in [0.4, 0.5) is 0 Å². The minimum Gasteiger partial charge on any atom is -0.504 e. The lowest BCUT2D eigenvalue weighted by Gasteiger charge is -2.13. The number of ether oxygens (including phenoxy) is 2. The Morgan fingerprint density at radius 1 is 1.44 bits per heavy atom. The van der Waals surface area contributed by atoms with Crippen LogP contribution in [0.1, 0.15) is 25.3 Å². The number of phenols is 1. The molecule has 0 radical (unpaired) electrons. The number of phenolic OH excluding ortho intramolecular Hbond substituents is 1. The number of thioether (sulfide) groups is 1. The van der Waals surface area contributed by atoms with Crippen molar-refractivity contribution in [1.82, 2.24) is 4.90 Å². The normalized spacial score (nSPS) is 15.8. The van der Waals surface area contributed by atoms with Crippen molar-refractivity contribution in [2.24, 2.45) is 0 Å². The van der Waals surface area contributed by atoms with E-state index in [1.54, 1.807) is 18.2 Å². The molecule has 1 aromatic rings. The van der Waals surface area contributed by atoms with E-state index in [1.165, 1.54) is 18.1 Å². The van der Waals surface area contributed by atoms with Gasteiger partial charge < -0.3 is 14.6 Å². The summed E-state index contributed by atoms with van der Waals surface area (Å²) in [5.41, 5.74) is 0.681. The maximum atomic E-state index is 12.5. The van der Waals surface area contributed by atoms with Gasteiger partial charge in [-0.1, -0.05) is 43.4 Å². The highest BCUT2D eigenvalue weighted by molar-refractivity contribution is 8.26. The van der Waals surface area contributed by atoms with Gasteiger partial charge in [0.1, 0.15) is 10.9 Å². The molecule has 1 aromatic carbocycles. The summed E-state index contributed by atoms with van der Waals surface area (Å²) in [6.45, 7) is 2.15. The van der Waals surface area contributed by atoms with Crippen molar-refractivity contribution in [3.63, 3.8) is 0 Å². The summed E-state index contributed by atoms with van der Waals surface area (Å²) < 4.78 is 10.4. The molecule has 0 bridgehead atoms. The fourth-order valence-electron chi connectivity index (χ4n) is 2.08. The number of esters is 1. The van der Waals surface area contributed by atoms with E-state index in [0.29, 0.717) is 27.1 Å². The highest BCUT2D eigenvalue weighted by Crippen LogP contribution is 2.34. The van der Waals surface area contributed by atoms with E-state index >= 15 is 0 Å². The molecule has 0 unspecified atom stereocenters. The number of benzene rings is 1. The third-order valence-electron chi connectivity index (χ3n) is 3.42. The second-order valence-electron chi connectivity index (χ2n) is 5.27. The first-order chi connectivity index (χ1) is 12.0. The molecule has 1 fully saturated rings. The fraction of sp³-hybridized carbons (Fsp3) is 0.353. The van der Waals surface area contributed by atoms with Crippen LogP contribution in [-0.4, -0.2) is 46.5 Å². The van der Waals surface area contributed by atoms with Crippen molar-refractivity contribution < 1.29 is 24.2 Å². The Labute approximate surface area is 155 Å². The number of hydrogen-bond acceptors (Lipinski definition) is 7. The molecule has 1 saturated heterocycles. The number of nitrogens with zero attached hydrogens (tertiary/aromatic N) is 1. The van der Waals surface area contributed by atoms with E-state index in [4.69, 9.17) is 21.7 Å². The van der Waals surface area contributed by atoms with Gasteiger partial charge in [-0.05, 0) is 30.2 Å². The molecule has 8 heteroatoms. The molecule has 0 saturated carbocycles. The number of unbranched alkanes of at least 4 members (excludes halogenated alkanes) is 1. The molecule has 134 valence electrons. The van der Waals surface area contributed by atoms with E-state index in [9.17, 15) is 14.7 Å². The van der Waals surface area contributed by atoms with Crippen LogP contribution in [0.25, 0.3) is 6.08 Å². The van der Waals surface area contributed by atoms with Crippen LogP contribution < -0.4 is 4.74 Å². The lowest BCUT2D eigenvalue weighted by Crippen LogP contribution is -2.34. The number of methoxy groups -OCH3 is 1. The van der Waals surface area contributed by atoms with Crippen LogP contribution in [0.3, 0.4) is 0 Å². The zero-order valence-corrected chi connectivity index (χ0v) is 15.6. The average molecular weight is 381 g/mol. The van der Waals surface area contributed by atoms with Crippen LogP contribution in [0.5, 0.6) is 11.5 Å². The van der Waals surface area contributed by atoms with Gasteiger partial charge in [-0.2, -0.15) is 0 Å². The molecule has 1 heterocycles. The number of rotatable bonds is 7. The van der Waals surface area contributed by atoms with Crippen molar-refractivity contribution >= 4 is 46.3 Å². The van der Waals surface area contributed by atoms with Gasteiger partial charge in [0.05, 0.1) is 18.6 Å². The van der Waals surface area contributed by atoms with Crippen molar-refractivity contribution in [2.45, 2.75) is 19.8 Å². The number of aromatic hydroxyl groups is 1. The number of carbonyl (C=O) groups is 2. The Balaban J connectivity index is 2.08. The first-order valence-corrected chi connectivity index (χ1v) is 8.96. The Kier molecular flexibility index (Phi) is 6.83. The van der Waals surface area contributed by atoms with Gasteiger partial charge in [-0.25, -0.2) is 0 Å². The summed E-state index contributed by atoms with van der Waals surface area (Å²) in [5.74, 6) is -0.488. The van der Waals surface area contributed by atoms with Gasteiger partial charge in [0, 0.05) is 0 Å². The Morgan fingerprint density at radius 2 is 2.20 bits per heavy atom. The van der Waals surface area contributed by atoms with E-state index < -0.39 is 5.97 Å². The molecule has 0 aromatic heterocycles. The van der Waals surface area contributed by atoms with Gasteiger partial charge in [-0.3, -0.25) is 14.5 Å².